The average molecular weight is 405 g/mol. The molecule has 2 unspecified atom stereocenters. The highest BCUT2D eigenvalue weighted by Gasteiger charge is 2.28. The van der Waals surface area contributed by atoms with Gasteiger partial charge in [0.25, 0.3) is 0 Å². The Labute approximate surface area is 166 Å². The number of guanidine groups is 1. The lowest BCUT2D eigenvalue weighted by molar-refractivity contribution is 0.597. The Morgan fingerprint density at radius 3 is 2.82 bits per heavy atom. The van der Waals surface area contributed by atoms with Crippen LogP contribution in [-0.4, -0.2) is 53.2 Å². The van der Waals surface area contributed by atoms with Gasteiger partial charge < -0.3 is 15.2 Å². The van der Waals surface area contributed by atoms with Crippen LogP contribution in [0.3, 0.4) is 0 Å². The van der Waals surface area contributed by atoms with Gasteiger partial charge in [-0.3, -0.25) is 4.99 Å². The van der Waals surface area contributed by atoms with Crippen molar-refractivity contribution in [3.05, 3.63) is 48.0 Å². The molecule has 0 bridgehead atoms. The number of benzene rings is 1. The number of nitrogens with one attached hydrogen (secondary N) is 2. The van der Waals surface area contributed by atoms with Gasteiger partial charge in [-0.15, -0.1) is 10.2 Å². The zero-order chi connectivity index (χ0) is 20.0. The molecule has 2 N–H and O–H groups in total. The van der Waals surface area contributed by atoms with E-state index in [9.17, 15) is 8.42 Å². The van der Waals surface area contributed by atoms with Crippen molar-refractivity contribution in [3.63, 3.8) is 0 Å². The molecule has 9 heteroatoms. The van der Waals surface area contributed by atoms with Crippen molar-refractivity contribution in [2.45, 2.75) is 45.3 Å². The molecule has 1 saturated heterocycles. The van der Waals surface area contributed by atoms with Gasteiger partial charge in [0, 0.05) is 19.0 Å². The zero-order valence-electron chi connectivity index (χ0n) is 16.4. The monoisotopic (exact) mass is 404 g/mol. The molecule has 1 aliphatic rings. The summed E-state index contributed by atoms with van der Waals surface area (Å²) < 4.78 is 25.6. The average Bonchev–Trinajstić information content (AvgIpc) is 3.27. The van der Waals surface area contributed by atoms with Crippen LogP contribution >= 0.6 is 0 Å². The molecule has 28 heavy (non-hydrogen) atoms. The molecule has 0 radical (unpaired) electrons. The predicted molar refractivity (Wildman–Crippen MR) is 110 cm³/mol. The normalized spacial score (nSPS) is 20.1. The van der Waals surface area contributed by atoms with E-state index in [1.54, 1.807) is 6.33 Å². The first-order valence-electron chi connectivity index (χ1n) is 9.66. The Balaban J connectivity index is 1.68. The summed E-state index contributed by atoms with van der Waals surface area (Å²) in [5.74, 6) is 1.94. The second-order valence-electron chi connectivity index (χ2n) is 7.05. The fraction of sp³-hybridized carbons (Fsp3) is 0.526. The Morgan fingerprint density at radius 1 is 1.36 bits per heavy atom. The van der Waals surface area contributed by atoms with Gasteiger partial charge >= 0.3 is 0 Å². The Kier molecular flexibility index (Phi) is 6.66. The quantitative estimate of drug-likeness (QED) is 0.533. The Morgan fingerprint density at radius 2 is 2.14 bits per heavy atom. The van der Waals surface area contributed by atoms with Crippen molar-refractivity contribution in [1.29, 1.82) is 0 Å². The standard InChI is InChI=1S/C19H28N6O2S/c1-3-18-24-21-14-25(18)11-10-20-19(23-17-9-12-28(26,27)13-17)22-15(2)16-7-5-4-6-8-16/h4-8,14-15,17H,3,9-13H2,1-2H3,(H2,20,22,23). The molecular weight excluding hydrogens is 376 g/mol. The predicted octanol–water partition coefficient (Wildman–Crippen LogP) is 1.32. The number of aromatic nitrogens is 3. The van der Waals surface area contributed by atoms with Crippen LogP contribution in [0, 0.1) is 0 Å². The van der Waals surface area contributed by atoms with Gasteiger partial charge in [-0.1, -0.05) is 37.3 Å². The van der Waals surface area contributed by atoms with Gasteiger partial charge in [0.15, 0.2) is 15.8 Å². The summed E-state index contributed by atoms with van der Waals surface area (Å²) in [6.45, 7) is 5.32. The number of nitrogens with zero attached hydrogens (tertiary/aromatic N) is 4. The van der Waals surface area contributed by atoms with E-state index < -0.39 is 9.84 Å². The zero-order valence-corrected chi connectivity index (χ0v) is 17.2. The summed E-state index contributed by atoms with van der Waals surface area (Å²) in [5.41, 5.74) is 1.14. The summed E-state index contributed by atoms with van der Waals surface area (Å²) >= 11 is 0. The van der Waals surface area contributed by atoms with E-state index >= 15 is 0 Å². The van der Waals surface area contributed by atoms with Crippen LogP contribution in [-0.2, 0) is 22.8 Å². The van der Waals surface area contributed by atoms with Gasteiger partial charge in [-0.25, -0.2) is 8.42 Å². The molecule has 152 valence electrons. The van der Waals surface area contributed by atoms with Crippen molar-refractivity contribution in [2.75, 3.05) is 18.1 Å². The van der Waals surface area contributed by atoms with Crippen LogP contribution in [0.25, 0.3) is 0 Å². The van der Waals surface area contributed by atoms with E-state index in [1.165, 1.54) is 0 Å². The molecule has 2 aromatic rings. The molecule has 1 aromatic heterocycles. The third kappa shape index (κ3) is 5.54. The van der Waals surface area contributed by atoms with Crippen LogP contribution in [0.2, 0.25) is 0 Å². The highest BCUT2D eigenvalue weighted by atomic mass is 32.2. The molecule has 0 spiro atoms. The summed E-state index contributed by atoms with van der Waals surface area (Å²) in [7, 11) is -2.95. The van der Waals surface area contributed by atoms with Crippen molar-refractivity contribution in [2.24, 2.45) is 4.99 Å². The fourth-order valence-corrected chi connectivity index (χ4v) is 4.95. The van der Waals surface area contributed by atoms with Gasteiger partial charge in [0.05, 0.1) is 24.1 Å². The maximum atomic E-state index is 11.8. The number of aryl methyl sites for hydroxylation is 1. The maximum absolute atomic E-state index is 11.8. The van der Waals surface area contributed by atoms with Crippen LogP contribution < -0.4 is 10.6 Å². The molecule has 3 rings (SSSR count). The van der Waals surface area contributed by atoms with Gasteiger partial charge in [-0.05, 0) is 18.9 Å². The fourth-order valence-electron chi connectivity index (χ4n) is 3.27. The van der Waals surface area contributed by atoms with Gasteiger partial charge in [-0.2, -0.15) is 0 Å². The lowest BCUT2D eigenvalue weighted by Gasteiger charge is -2.21. The van der Waals surface area contributed by atoms with Crippen LogP contribution in [0.5, 0.6) is 0 Å². The van der Waals surface area contributed by atoms with Crippen LogP contribution in [0.15, 0.2) is 41.7 Å². The minimum Gasteiger partial charge on any atom is -0.353 e. The third-order valence-electron chi connectivity index (χ3n) is 4.85. The smallest absolute Gasteiger partial charge is 0.192 e. The van der Waals surface area contributed by atoms with Crippen molar-refractivity contribution >= 4 is 15.8 Å². The highest BCUT2D eigenvalue weighted by molar-refractivity contribution is 7.91. The van der Waals surface area contributed by atoms with E-state index in [-0.39, 0.29) is 23.6 Å². The van der Waals surface area contributed by atoms with Crippen molar-refractivity contribution in [3.8, 4) is 0 Å². The molecule has 1 fully saturated rings. The van der Waals surface area contributed by atoms with E-state index in [4.69, 9.17) is 0 Å². The number of hydrogen-bond donors (Lipinski definition) is 2. The molecule has 2 atom stereocenters. The first kappa shape index (κ1) is 20.3. The molecule has 8 nitrogen and oxygen atoms in total. The number of sulfone groups is 1. The van der Waals surface area contributed by atoms with Crippen LogP contribution in [0.1, 0.15) is 37.7 Å². The molecule has 1 aliphatic heterocycles. The lowest BCUT2D eigenvalue weighted by atomic mass is 10.1. The third-order valence-corrected chi connectivity index (χ3v) is 6.62. The SMILES string of the molecule is CCc1nncn1CCN=C(NC1CCS(=O)(=O)C1)NC(C)c1ccccc1. The summed E-state index contributed by atoms with van der Waals surface area (Å²) in [6, 6.07) is 10.0. The van der Waals surface area contributed by atoms with Gasteiger partial charge in [0.1, 0.15) is 12.2 Å². The summed E-state index contributed by atoms with van der Waals surface area (Å²) in [6.07, 6.45) is 3.14. The maximum Gasteiger partial charge on any atom is 0.192 e. The molecule has 2 heterocycles. The number of hydrogen-bond acceptors (Lipinski definition) is 5. The van der Waals surface area contributed by atoms with E-state index in [1.807, 2.05) is 29.7 Å². The lowest BCUT2D eigenvalue weighted by Crippen LogP contribution is -2.45. The van der Waals surface area contributed by atoms with Crippen molar-refractivity contribution < 1.29 is 8.42 Å². The largest absolute Gasteiger partial charge is 0.353 e. The first-order valence-corrected chi connectivity index (χ1v) is 11.5. The number of aliphatic imine (C=N–C) groups is 1. The molecular formula is C19H28N6O2S. The Hall–Kier alpha value is -2.42. The minimum atomic E-state index is -2.95. The summed E-state index contributed by atoms with van der Waals surface area (Å²) in [4.78, 5) is 4.67. The van der Waals surface area contributed by atoms with Gasteiger partial charge in [0.2, 0.25) is 0 Å². The minimum absolute atomic E-state index is 0.0478. The second kappa shape index (κ2) is 9.18. The molecule has 0 saturated carbocycles. The molecule has 0 amide bonds. The number of rotatable bonds is 7. The Bertz CT molecular complexity index is 894. The molecule has 0 aliphatic carbocycles. The van der Waals surface area contributed by atoms with E-state index in [2.05, 4.69) is 44.9 Å². The van der Waals surface area contributed by atoms with Crippen LogP contribution in [0.4, 0.5) is 0 Å². The highest BCUT2D eigenvalue weighted by Crippen LogP contribution is 2.13. The first-order chi connectivity index (χ1) is 13.5. The molecule has 1 aromatic carbocycles. The topological polar surface area (TPSA) is 101 Å². The van der Waals surface area contributed by atoms with E-state index in [0.717, 1.165) is 17.8 Å². The summed E-state index contributed by atoms with van der Waals surface area (Å²) in [5, 5.41) is 14.7. The van der Waals surface area contributed by atoms with E-state index in [0.29, 0.717) is 25.5 Å². The second-order valence-corrected chi connectivity index (χ2v) is 9.27. The van der Waals surface area contributed by atoms with Crippen molar-refractivity contribution in [1.82, 2.24) is 25.4 Å².